The zero-order valence-corrected chi connectivity index (χ0v) is 20.4. The van der Waals surface area contributed by atoms with Crippen molar-refractivity contribution < 1.29 is 34.1 Å². The Hall–Kier alpha value is -3.82. The zero-order chi connectivity index (χ0) is 26.1. The fourth-order valence-corrected chi connectivity index (χ4v) is 5.78. The Labute approximate surface area is 214 Å². The van der Waals surface area contributed by atoms with Crippen molar-refractivity contribution in [1.82, 2.24) is 9.88 Å². The molecule has 0 unspecified atom stereocenters. The summed E-state index contributed by atoms with van der Waals surface area (Å²) in [5, 5.41) is 19.8. The Morgan fingerprint density at radius 3 is 2.62 bits per heavy atom. The van der Waals surface area contributed by atoms with Gasteiger partial charge in [-0.25, -0.2) is 4.79 Å². The largest absolute Gasteiger partial charge is 0.508 e. The van der Waals surface area contributed by atoms with Gasteiger partial charge >= 0.3 is 6.09 Å². The van der Waals surface area contributed by atoms with Crippen LogP contribution in [0.4, 0.5) is 4.79 Å². The van der Waals surface area contributed by atoms with E-state index in [0.29, 0.717) is 23.3 Å². The van der Waals surface area contributed by atoms with Crippen molar-refractivity contribution in [1.29, 1.82) is 0 Å². The van der Waals surface area contributed by atoms with Crippen LogP contribution in [0.3, 0.4) is 0 Å². The molecule has 5 rings (SSSR count). The average molecular weight is 505 g/mol. The van der Waals surface area contributed by atoms with Crippen molar-refractivity contribution in [3.05, 3.63) is 71.1 Å². The number of carbonyl (C=O) groups is 3. The minimum Gasteiger partial charge on any atom is -0.508 e. The molecule has 1 aromatic carbocycles. The topological polar surface area (TPSA) is 126 Å². The SMILES string of the molecule is COC(=O)N1C(=O)[C@@H]2[C@@H](CC(CO)=C3[C@@H](CC/C(=C/c4ccc(O)cc4)c4ccccn4)OC[C@@H]32)C1=O. The number of hydrogen-bond acceptors (Lipinski definition) is 8. The van der Waals surface area contributed by atoms with Crippen LogP contribution in [0.15, 0.2) is 59.8 Å². The van der Waals surface area contributed by atoms with E-state index in [1.165, 1.54) is 0 Å². The van der Waals surface area contributed by atoms with Crippen molar-refractivity contribution in [3.63, 3.8) is 0 Å². The molecule has 2 aliphatic heterocycles. The van der Waals surface area contributed by atoms with Gasteiger partial charge in [-0.05, 0) is 71.9 Å². The molecule has 37 heavy (non-hydrogen) atoms. The van der Waals surface area contributed by atoms with Gasteiger partial charge < -0.3 is 19.7 Å². The number of aromatic nitrogens is 1. The maximum atomic E-state index is 13.1. The lowest BCUT2D eigenvalue weighted by Crippen LogP contribution is -2.38. The molecule has 1 aliphatic carbocycles. The first-order valence-electron chi connectivity index (χ1n) is 12.2. The number of imide groups is 3. The first kappa shape index (κ1) is 24.9. The number of methoxy groups -OCH3 is 1. The first-order valence-corrected chi connectivity index (χ1v) is 12.2. The molecule has 2 N–H and O–H groups in total. The number of aliphatic hydroxyl groups is 1. The van der Waals surface area contributed by atoms with Crippen molar-refractivity contribution >= 4 is 29.6 Å². The van der Waals surface area contributed by atoms with Gasteiger partial charge in [-0.15, -0.1) is 0 Å². The summed E-state index contributed by atoms with van der Waals surface area (Å²) >= 11 is 0. The summed E-state index contributed by atoms with van der Waals surface area (Å²) < 4.78 is 10.8. The van der Waals surface area contributed by atoms with Gasteiger partial charge in [0.15, 0.2) is 0 Å². The molecule has 0 saturated carbocycles. The molecule has 4 atom stereocenters. The minimum atomic E-state index is -0.980. The van der Waals surface area contributed by atoms with Crippen LogP contribution in [0.2, 0.25) is 0 Å². The highest BCUT2D eigenvalue weighted by atomic mass is 16.5. The average Bonchev–Trinajstić information content (AvgIpc) is 3.45. The van der Waals surface area contributed by atoms with Gasteiger partial charge in [-0.2, -0.15) is 4.90 Å². The normalized spacial score (nSPS) is 25.4. The highest BCUT2D eigenvalue weighted by Crippen LogP contribution is 2.50. The van der Waals surface area contributed by atoms with Crippen LogP contribution in [0.5, 0.6) is 5.75 Å². The lowest BCUT2D eigenvalue weighted by molar-refractivity contribution is -0.137. The van der Waals surface area contributed by atoms with E-state index in [1.54, 1.807) is 18.3 Å². The molecule has 192 valence electrons. The molecule has 2 saturated heterocycles. The number of allylic oxidation sites excluding steroid dienone is 1. The molecule has 2 aromatic rings. The van der Waals surface area contributed by atoms with Crippen LogP contribution in [0, 0.1) is 17.8 Å². The monoisotopic (exact) mass is 504 g/mol. The summed E-state index contributed by atoms with van der Waals surface area (Å²) in [5.41, 5.74) is 4.26. The van der Waals surface area contributed by atoms with E-state index in [2.05, 4.69) is 9.72 Å². The van der Waals surface area contributed by atoms with Crippen molar-refractivity contribution in [3.8, 4) is 5.75 Å². The Morgan fingerprint density at radius 1 is 1.16 bits per heavy atom. The summed E-state index contributed by atoms with van der Waals surface area (Å²) in [6, 6.07) is 12.6. The summed E-state index contributed by atoms with van der Waals surface area (Å²) in [6.07, 6.45) is 3.82. The highest BCUT2D eigenvalue weighted by Gasteiger charge is 2.58. The van der Waals surface area contributed by atoms with E-state index >= 15 is 0 Å². The summed E-state index contributed by atoms with van der Waals surface area (Å²) in [4.78, 5) is 43.2. The van der Waals surface area contributed by atoms with Crippen LogP contribution in [-0.2, 0) is 19.1 Å². The fraction of sp³-hybridized carbons (Fsp3) is 0.357. The molecule has 9 heteroatoms. The number of carbonyl (C=O) groups excluding carboxylic acids is 3. The van der Waals surface area contributed by atoms with Gasteiger partial charge in [-0.3, -0.25) is 14.6 Å². The first-order chi connectivity index (χ1) is 17.9. The third-order valence-electron chi connectivity index (χ3n) is 7.46. The van der Waals surface area contributed by atoms with Crippen LogP contribution in [-0.4, -0.2) is 64.4 Å². The predicted molar refractivity (Wildman–Crippen MR) is 133 cm³/mol. The Balaban J connectivity index is 1.40. The number of phenols is 1. The Morgan fingerprint density at radius 2 is 1.95 bits per heavy atom. The maximum absolute atomic E-state index is 13.1. The van der Waals surface area contributed by atoms with E-state index in [-0.39, 0.29) is 37.4 Å². The molecular formula is C28H28N2O7. The number of aromatic hydroxyl groups is 1. The predicted octanol–water partition coefficient (Wildman–Crippen LogP) is 3.18. The van der Waals surface area contributed by atoms with E-state index in [0.717, 1.165) is 29.5 Å². The maximum Gasteiger partial charge on any atom is 0.423 e. The lowest BCUT2D eigenvalue weighted by Gasteiger charge is -2.31. The summed E-state index contributed by atoms with van der Waals surface area (Å²) in [6.45, 7) is -0.00957. The third kappa shape index (κ3) is 4.56. The van der Waals surface area contributed by atoms with Gasteiger partial charge in [0.25, 0.3) is 0 Å². The molecule has 3 heterocycles. The van der Waals surface area contributed by atoms with Gasteiger partial charge in [0, 0.05) is 12.1 Å². The van der Waals surface area contributed by atoms with Crippen molar-refractivity contribution in [2.75, 3.05) is 20.3 Å². The number of likely N-dealkylation sites (tertiary alicyclic amines) is 1. The number of pyridine rings is 1. The van der Waals surface area contributed by atoms with Gasteiger partial charge in [0.2, 0.25) is 11.8 Å². The van der Waals surface area contributed by atoms with Crippen molar-refractivity contribution in [2.45, 2.75) is 25.4 Å². The number of aliphatic hydroxyl groups excluding tert-OH is 1. The molecule has 2 fully saturated rings. The molecule has 9 nitrogen and oxygen atoms in total. The highest BCUT2D eigenvalue weighted by molar-refractivity contribution is 6.16. The molecule has 3 amide bonds. The van der Waals surface area contributed by atoms with Gasteiger partial charge in [-0.1, -0.05) is 18.2 Å². The van der Waals surface area contributed by atoms with Crippen LogP contribution in [0.1, 0.15) is 30.5 Å². The molecule has 0 bridgehead atoms. The molecule has 1 aromatic heterocycles. The Kier molecular flexibility index (Phi) is 6.90. The number of nitrogens with zero attached hydrogens (tertiary/aromatic N) is 2. The number of amides is 3. The quantitative estimate of drug-likeness (QED) is 0.454. The second-order valence-electron chi connectivity index (χ2n) is 9.48. The number of phenolic OH excluding ortho intramolecular Hbond substituents is 1. The minimum absolute atomic E-state index is 0.187. The second kappa shape index (κ2) is 10.3. The van der Waals surface area contributed by atoms with Crippen molar-refractivity contribution in [2.24, 2.45) is 17.8 Å². The number of ether oxygens (including phenoxy) is 2. The number of hydrogen-bond donors (Lipinski definition) is 2. The smallest absolute Gasteiger partial charge is 0.423 e. The van der Waals surface area contributed by atoms with Crippen LogP contribution in [0.25, 0.3) is 11.6 Å². The van der Waals surface area contributed by atoms with E-state index in [1.807, 2.05) is 36.4 Å². The van der Waals surface area contributed by atoms with E-state index in [9.17, 15) is 24.6 Å². The molecule has 0 radical (unpaired) electrons. The standard InChI is InChI=1S/C28H28N2O7/c1-36-28(35)30-26(33)20-13-18(14-31)24-21(25(20)27(30)34)15-37-23(24)10-7-17(22-4-2-3-11-29-22)12-16-5-8-19(32)9-6-16/h2-6,8-9,11-12,20-21,23,25,31-32H,7,10,13-15H2,1H3/b17-12-/t20-,21+,23-,25-/m1/s1. The van der Waals surface area contributed by atoms with E-state index in [4.69, 9.17) is 4.74 Å². The third-order valence-corrected chi connectivity index (χ3v) is 7.46. The van der Waals surface area contributed by atoms with Crippen LogP contribution < -0.4 is 0 Å². The second-order valence-corrected chi connectivity index (χ2v) is 9.48. The number of benzene rings is 1. The number of fused-ring (bicyclic) bond motifs is 3. The Bertz CT molecular complexity index is 1270. The zero-order valence-electron chi connectivity index (χ0n) is 20.4. The summed E-state index contributed by atoms with van der Waals surface area (Å²) in [7, 11) is 1.13. The lowest BCUT2D eigenvalue weighted by atomic mass is 9.69. The number of rotatable bonds is 6. The molecular weight excluding hydrogens is 476 g/mol. The fourth-order valence-electron chi connectivity index (χ4n) is 5.78. The van der Waals surface area contributed by atoms with Crippen LogP contribution >= 0.6 is 0 Å². The summed E-state index contributed by atoms with van der Waals surface area (Å²) in [5.74, 6) is -2.74. The van der Waals surface area contributed by atoms with Gasteiger partial charge in [0.1, 0.15) is 5.75 Å². The van der Waals surface area contributed by atoms with Gasteiger partial charge in [0.05, 0.1) is 44.0 Å². The molecule has 0 spiro atoms. The molecule has 3 aliphatic rings. The van der Waals surface area contributed by atoms with E-state index < -0.39 is 29.7 Å².